The van der Waals surface area contributed by atoms with Crippen LogP contribution in [-0.4, -0.2) is 27.9 Å². The Labute approximate surface area is 122 Å². The molecule has 1 aliphatic rings. The van der Waals surface area contributed by atoms with Gasteiger partial charge in [0.2, 0.25) is 0 Å². The van der Waals surface area contributed by atoms with E-state index in [1.165, 1.54) is 6.07 Å². The lowest BCUT2D eigenvalue weighted by atomic mass is 10.0. The summed E-state index contributed by atoms with van der Waals surface area (Å²) in [6, 6.07) is 4.13. The molecule has 0 fully saturated rings. The molecule has 1 aromatic rings. The van der Waals surface area contributed by atoms with Crippen LogP contribution in [0.2, 0.25) is 0 Å². The van der Waals surface area contributed by atoms with E-state index >= 15 is 0 Å². The molecular formula is C15H19NO5. The third-order valence-corrected chi connectivity index (χ3v) is 3.34. The zero-order valence-corrected chi connectivity index (χ0v) is 12.2. The molecule has 1 amide bonds. The minimum absolute atomic E-state index is 0.0484. The van der Waals surface area contributed by atoms with Gasteiger partial charge in [-0.1, -0.05) is 12.1 Å². The Kier molecular flexibility index (Phi) is 3.80. The van der Waals surface area contributed by atoms with E-state index in [1.54, 1.807) is 32.9 Å². The number of rotatable bonds is 2. The Morgan fingerprint density at radius 1 is 1.33 bits per heavy atom. The third kappa shape index (κ3) is 3.26. The van der Waals surface area contributed by atoms with Gasteiger partial charge in [0.25, 0.3) is 0 Å². The predicted molar refractivity (Wildman–Crippen MR) is 75.0 cm³/mol. The summed E-state index contributed by atoms with van der Waals surface area (Å²) in [5.41, 5.74) is 0.516. The van der Waals surface area contributed by atoms with Gasteiger partial charge in [0.1, 0.15) is 11.4 Å². The highest BCUT2D eigenvalue weighted by molar-refractivity contribution is 5.76. The summed E-state index contributed by atoms with van der Waals surface area (Å²) in [6.07, 6.45) is -0.493. The highest BCUT2D eigenvalue weighted by atomic mass is 16.6. The van der Waals surface area contributed by atoms with Crippen molar-refractivity contribution in [1.29, 1.82) is 0 Å². The molecule has 21 heavy (non-hydrogen) atoms. The number of carbonyl (C=O) groups is 2. The first-order valence-corrected chi connectivity index (χ1v) is 6.72. The van der Waals surface area contributed by atoms with Gasteiger partial charge in [-0.2, -0.15) is 0 Å². The summed E-state index contributed by atoms with van der Waals surface area (Å²) in [7, 11) is 0. The van der Waals surface area contributed by atoms with Crippen molar-refractivity contribution >= 4 is 12.1 Å². The second kappa shape index (κ2) is 5.27. The Balaban J connectivity index is 2.26. The minimum atomic E-state index is -1.02. The average Bonchev–Trinajstić information content (AvgIpc) is 2.67. The molecule has 2 atom stereocenters. The largest absolute Gasteiger partial charge is 0.508 e. The Morgan fingerprint density at radius 2 is 2.00 bits per heavy atom. The molecule has 6 heteroatoms. The number of phenolic OH excluding ortho intramolecular Hbond substituents is 1. The van der Waals surface area contributed by atoms with Gasteiger partial charge in [0, 0.05) is 5.56 Å². The van der Waals surface area contributed by atoms with E-state index in [0.29, 0.717) is 11.1 Å². The van der Waals surface area contributed by atoms with Gasteiger partial charge in [-0.15, -0.1) is 0 Å². The lowest BCUT2D eigenvalue weighted by Crippen LogP contribution is -2.38. The molecule has 1 aromatic carbocycles. The second-order valence-corrected chi connectivity index (χ2v) is 6.12. The summed E-state index contributed by atoms with van der Waals surface area (Å²) >= 11 is 0. The molecule has 0 saturated carbocycles. The molecule has 114 valence electrons. The Bertz CT molecular complexity index is 576. The van der Waals surface area contributed by atoms with Gasteiger partial charge in [-0.25, -0.2) is 4.79 Å². The lowest BCUT2D eigenvalue weighted by molar-refractivity contribution is -0.142. The van der Waals surface area contributed by atoms with E-state index in [2.05, 4.69) is 5.32 Å². The Morgan fingerprint density at radius 3 is 2.57 bits per heavy atom. The number of hydrogen-bond acceptors (Lipinski definition) is 4. The first kappa shape index (κ1) is 15.2. The molecule has 0 spiro atoms. The van der Waals surface area contributed by atoms with Crippen LogP contribution in [0, 0.1) is 5.92 Å². The third-order valence-electron chi connectivity index (χ3n) is 3.34. The van der Waals surface area contributed by atoms with Crippen LogP contribution in [0.25, 0.3) is 0 Å². The van der Waals surface area contributed by atoms with Gasteiger partial charge in [0.05, 0.1) is 12.0 Å². The quantitative estimate of drug-likeness (QED) is 0.777. The standard InChI is InChI=1S/C15H19NO5/c1-15(2,3)21-14(20)16-12-8-5-4-6-11(17)9(8)7-10(12)13(18)19/h4-6,10,12,17H,7H2,1-3H3,(H,16,20)(H,18,19). The zero-order chi connectivity index (χ0) is 15.8. The molecule has 0 aromatic heterocycles. The fourth-order valence-corrected chi connectivity index (χ4v) is 2.50. The molecule has 6 nitrogen and oxygen atoms in total. The number of benzene rings is 1. The number of nitrogens with one attached hydrogen (secondary N) is 1. The van der Waals surface area contributed by atoms with E-state index in [0.717, 1.165) is 0 Å². The maximum atomic E-state index is 11.9. The van der Waals surface area contributed by atoms with Crippen LogP contribution in [0.4, 0.5) is 4.79 Å². The SMILES string of the molecule is CC(C)(C)OC(=O)NC1c2cccc(O)c2CC1C(=O)O. The van der Waals surface area contributed by atoms with Gasteiger partial charge in [-0.05, 0) is 38.8 Å². The molecule has 2 unspecified atom stereocenters. The zero-order valence-electron chi connectivity index (χ0n) is 12.2. The second-order valence-electron chi connectivity index (χ2n) is 6.12. The molecule has 0 radical (unpaired) electrons. The maximum Gasteiger partial charge on any atom is 0.408 e. The highest BCUT2D eigenvalue weighted by Gasteiger charge is 2.40. The van der Waals surface area contributed by atoms with Crippen molar-refractivity contribution in [2.24, 2.45) is 5.92 Å². The molecule has 0 saturated heterocycles. The first-order chi connectivity index (χ1) is 9.69. The monoisotopic (exact) mass is 293 g/mol. The van der Waals surface area contributed by atoms with E-state index < -0.39 is 29.6 Å². The topological polar surface area (TPSA) is 95.9 Å². The van der Waals surface area contributed by atoms with Crippen molar-refractivity contribution in [1.82, 2.24) is 5.32 Å². The van der Waals surface area contributed by atoms with Crippen molar-refractivity contribution in [2.75, 3.05) is 0 Å². The highest BCUT2D eigenvalue weighted by Crippen LogP contribution is 2.40. The molecule has 0 bridgehead atoms. The van der Waals surface area contributed by atoms with E-state index in [4.69, 9.17) is 4.74 Å². The van der Waals surface area contributed by atoms with E-state index in [1.807, 2.05) is 0 Å². The normalized spacial score (nSPS) is 20.7. The number of aromatic hydroxyl groups is 1. The minimum Gasteiger partial charge on any atom is -0.508 e. The molecule has 2 rings (SSSR count). The van der Waals surface area contributed by atoms with Crippen LogP contribution < -0.4 is 5.32 Å². The first-order valence-electron chi connectivity index (χ1n) is 6.72. The number of carbonyl (C=O) groups excluding carboxylic acids is 1. The Hall–Kier alpha value is -2.24. The number of amides is 1. The number of fused-ring (bicyclic) bond motifs is 1. The molecule has 0 aliphatic heterocycles. The number of ether oxygens (including phenoxy) is 1. The number of carboxylic acid groups (broad SMARTS) is 1. The lowest BCUT2D eigenvalue weighted by Gasteiger charge is -2.23. The van der Waals surface area contributed by atoms with Gasteiger partial charge in [0.15, 0.2) is 0 Å². The molecule has 0 heterocycles. The van der Waals surface area contributed by atoms with Crippen molar-refractivity contribution in [2.45, 2.75) is 38.8 Å². The van der Waals surface area contributed by atoms with Crippen LogP contribution in [0.3, 0.4) is 0 Å². The summed E-state index contributed by atoms with van der Waals surface area (Å²) in [5, 5.41) is 21.7. The van der Waals surface area contributed by atoms with Crippen molar-refractivity contribution in [3.8, 4) is 5.75 Å². The number of alkyl carbamates (subject to hydrolysis) is 1. The van der Waals surface area contributed by atoms with Crippen molar-refractivity contribution < 1.29 is 24.5 Å². The van der Waals surface area contributed by atoms with Crippen LogP contribution >= 0.6 is 0 Å². The van der Waals surface area contributed by atoms with Gasteiger partial charge >= 0.3 is 12.1 Å². The van der Waals surface area contributed by atoms with E-state index in [9.17, 15) is 19.8 Å². The van der Waals surface area contributed by atoms with Gasteiger partial charge in [-0.3, -0.25) is 4.79 Å². The predicted octanol–water partition coefficient (Wildman–Crippen LogP) is 2.21. The van der Waals surface area contributed by atoms with Crippen LogP contribution in [-0.2, 0) is 16.0 Å². The summed E-state index contributed by atoms with van der Waals surface area (Å²) < 4.78 is 5.17. The number of aliphatic carboxylic acids is 1. The fourth-order valence-electron chi connectivity index (χ4n) is 2.50. The molecule has 3 N–H and O–H groups in total. The van der Waals surface area contributed by atoms with Crippen LogP contribution in [0.1, 0.15) is 37.9 Å². The van der Waals surface area contributed by atoms with Gasteiger partial charge < -0.3 is 20.3 Å². The smallest absolute Gasteiger partial charge is 0.408 e. The summed E-state index contributed by atoms with van der Waals surface area (Å²) in [5.74, 6) is -1.79. The van der Waals surface area contributed by atoms with Crippen LogP contribution in [0.5, 0.6) is 5.75 Å². The summed E-state index contributed by atoms with van der Waals surface area (Å²) in [4.78, 5) is 23.3. The maximum absolute atomic E-state index is 11.9. The number of hydrogen-bond donors (Lipinski definition) is 3. The van der Waals surface area contributed by atoms with Crippen LogP contribution in [0.15, 0.2) is 18.2 Å². The summed E-state index contributed by atoms with van der Waals surface area (Å²) in [6.45, 7) is 5.20. The average molecular weight is 293 g/mol. The number of phenols is 1. The molecule has 1 aliphatic carbocycles. The van der Waals surface area contributed by atoms with Crippen molar-refractivity contribution in [3.05, 3.63) is 29.3 Å². The van der Waals surface area contributed by atoms with E-state index in [-0.39, 0.29) is 12.2 Å². The number of carboxylic acids is 1. The molecular weight excluding hydrogens is 274 g/mol. The van der Waals surface area contributed by atoms with Crippen molar-refractivity contribution in [3.63, 3.8) is 0 Å². The fraction of sp³-hybridized carbons (Fsp3) is 0.467.